The normalized spacial score (nSPS) is 11.2. The van der Waals surface area contributed by atoms with E-state index in [0.29, 0.717) is 24.8 Å². The van der Waals surface area contributed by atoms with Gasteiger partial charge in [-0.1, -0.05) is 28.9 Å². The Hall–Kier alpha value is -2.40. The summed E-state index contributed by atoms with van der Waals surface area (Å²) in [5, 5.41) is 4.04. The molecule has 2 heterocycles. The standard InChI is InChI=1S/C16H17N3O2/c1-12-5-3-6-13(9-12)16-17-15(21-18-16)11-19(2)10-14-7-4-8-20-14/h3-9H,10-11H2,1-2H3. The first-order valence-electron chi connectivity index (χ1n) is 6.81. The van der Waals surface area contributed by atoms with Gasteiger partial charge in [0, 0.05) is 5.56 Å². The van der Waals surface area contributed by atoms with Gasteiger partial charge in [0.2, 0.25) is 11.7 Å². The molecule has 0 bridgehead atoms. The van der Waals surface area contributed by atoms with Gasteiger partial charge in [-0.2, -0.15) is 4.98 Å². The zero-order chi connectivity index (χ0) is 14.7. The molecule has 0 N–H and O–H groups in total. The average Bonchev–Trinajstić information content (AvgIpc) is 3.10. The van der Waals surface area contributed by atoms with E-state index in [1.807, 2.05) is 50.4 Å². The van der Waals surface area contributed by atoms with Gasteiger partial charge in [-0.25, -0.2) is 0 Å². The number of benzene rings is 1. The van der Waals surface area contributed by atoms with Gasteiger partial charge in [0.25, 0.3) is 0 Å². The second-order valence-electron chi connectivity index (χ2n) is 5.13. The van der Waals surface area contributed by atoms with Crippen molar-refractivity contribution < 1.29 is 8.94 Å². The molecule has 0 aliphatic heterocycles. The molecule has 0 saturated heterocycles. The topological polar surface area (TPSA) is 55.3 Å². The highest BCUT2D eigenvalue weighted by Crippen LogP contribution is 2.17. The molecular formula is C16H17N3O2. The van der Waals surface area contributed by atoms with Gasteiger partial charge in [0.15, 0.2) is 0 Å². The molecule has 108 valence electrons. The molecule has 2 aromatic heterocycles. The molecule has 0 saturated carbocycles. The summed E-state index contributed by atoms with van der Waals surface area (Å²) >= 11 is 0. The maximum absolute atomic E-state index is 5.32. The largest absolute Gasteiger partial charge is 0.468 e. The first-order chi connectivity index (χ1) is 10.2. The van der Waals surface area contributed by atoms with Gasteiger partial charge >= 0.3 is 0 Å². The highest BCUT2D eigenvalue weighted by Gasteiger charge is 2.11. The number of furan rings is 1. The maximum atomic E-state index is 5.32. The molecule has 1 aromatic carbocycles. The van der Waals surface area contributed by atoms with E-state index in [4.69, 9.17) is 8.94 Å². The molecule has 21 heavy (non-hydrogen) atoms. The number of hydrogen-bond donors (Lipinski definition) is 0. The van der Waals surface area contributed by atoms with Crippen LogP contribution in [0.2, 0.25) is 0 Å². The van der Waals surface area contributed by atoms with Crippen LogP contribution in [0, 0.1) is 6.92 Å². The number of aromatic nitrogens is 2. The smallest absolute Gasteiger partial charge is 0.241 e. The summed E-state index contributed by atoms with van der Waals surface area (Å²) in [5.74, 6) is 2.14. The minimum atomic E-state index is 0.583. The molecular weight excluding hydrogens is 266 g/mol. The summed E-state index contributed by atoms with van der Waals surface area (Å²) in [6, 6.07) is 11.9. The Morgan fingerprint density at radius 1 is 1.14 bits per heavy atom. The Morgan fingerprint density at radius 3 is 2.81 bits per heavy atom. The number of rotatable bonds is 5. The lowest BCUT2D eigenvalue weighted by molar-refractivity contribution is 0.244. The zero-order valence-electron chi connectivity index (χ0n) is 12.1. The molecule has 0 amide bonds. The summed E-state index contributed by atoms with van der Waals surface area (Å²) in [6.07, 6.45) is 1.67. The van der Waals surface area contributed by atoms with E-state index in [2.05, 4.69) is 15.0 Å². The van der Waals surface area contributed by atoms with Crippen molar-refractivity contribution in [2.45, 2.75) is 20.0 Å². The van der Waals surface area contributed by atoms with E-state index >= 15 is 0 Å². The maximum Gasteiger partial charge on any atom is 0.241 e. The van der Waals surface area contributed by atoms with E-state index in [1.54, 1.807) is 6.26 Å². The first kappa shape index (κ1) is 13.6. The summed E-state index contributed by atoms with van der Waals surface area (Å²) in [4.78, 5) is 6.50. The third kappa shape index (κ3) is 3.38. The van der Waals surface area contributed by atoms with Crippen LogP contribution in [0.5, 0.6) is 0 Å². The fourth-order valence-electron chi connectivity index (χ4n) is 2.18. The van der Waals surface area contributed by atoms with Crippen LogP contribution in [0.1, 0.15) is 17.2 Å². The summed E-state index contributed by atoms with van der Waals surface area (Å²) in [6.45, 7) is 3.33. The van der Waals surface area contributed by atoms with Crippen LogP contribution in [-0.4, -0.2) is 22.1 Å². The van der Waals surface area contributed by atoms with Crippen LogP contribution < -0.4 is 0 Å². The summed E-state index contributed by atoms with van der Waals surface area (Å²) in [5.41, 5.74) is 2.15. The van der Waals surface area contributed by atoms with E-state index in [9.17, 15) is 0 Å². The Balaban J connectivity index is 1.67. The second kappa shape index (κ2) is 5.93. The number of hydrogen-bond acceptors (Lipinski definition) is 5. The summed E-state index contributed by atoms with van der Waals surface area (Å²) < 4.78 is 10.6. The van der Waals surface area contributed by atoms with Gasteiger partial charge in [-0.05, 0) is 32.2 Å². The number of aryl methyl sites for hydroxylation is 1. The molecule has 0 unspecified atom stereocenters. The van der Waals surface area contributed by atoms with E-state index < -0.39 is 0 Å². The van der Waals surface area contributed by atoms with Crippen LogP contribution in [0.25, 0.3) is 11.4 Å². The van der Waals surface area contributed by atoms with Crippen LogP contribution >= 0.6 is 0 Å². The molecule has 0 fully saturated rings. The van der Waals surface area contributed by atoms with Gasteiger partial charge < -0.3 is 8.94 Å². The molecule has 3 rings (SSSR count). The zero-order valence-corrected chi connectivity index (χ0v) is 12.1. The lowest BCUT2D eigenvalue weighted by atomic mass is 10.1. The Kier molecular flexibility index (Phi) is 3.83. The van der Waals surface area contributed by atoms with Crippen molar-refractivity contribution in [2.24, 2.45) is 0 Å². The van der Waals surface area contributed by atoms with Crippen LogP contribution in [0.4, 0.5) is 0 Å². The third-order valence-corrected chi connectivity index (χ3v) is 3.16. The van der Waals surface area contributed by atoms with Crippen molar-refractivity contribution in [3.8, 4) is 11.4 Å². The molecule has 0 aliphatic rings. The fourth-order valence-corrected chi connectivity index (χ4v) is 2.18. The van der Waals surface area contributed by atoms with Crippen LogP contribution in [0.3, 0.4) is 0 Å². The third-order valence-electron chi connectivity index (χ3n) is 3.16. The minimum absolute atomic E-state index is 0.583. The van der Waals surface area contributed by atoms with Gasteiger partial charge in [-0.15, -0.1) is 0 Å². The van der Waals surface area contributed by atoms with E-state index in [-0.39, 0.29) is 0 Å². The van der Waals surface area contributed by atoms with Crippen LogP contribution in [0.15, 0.2) is 51.6 Å². The molecule has 5 heteroatoms. The quantitative estimate of drug-likeness (QED) is 0.719. The van der Waals surface area contributed by atoms with E-state index in [1.165, 1.54) is 5.56 Å². The molecule has 5 nitrogen and oxygen atoms in total. The Morgan fingerprint density at radius 2 is 2.05 bits per heavy atom. The average molecular weight is 283 g/mol. The SMILES string of the molecule is Cc1cccc(-c2noc(CN(C)Cc3ccco3)n2)c1. The van der Waals surface area contributed by atoms with Crippen molar-refractivity contribution in [3.05, 3.63) is 59.9 Å². The minimum Gasteiger partial charge on any atom is -0.468 e. The van der Waals surface area contributed by atoms with Crippen molar-refractivity contribution in [1.82, 2.24) is 15.0 Å². The molecule has 3 aromatic rings. The van der Waals surface area contributed by atoms with Crippen molar-refractivity contribution in [1.29, 1.82) is 0 Å². The van der Waals surface area contributed by atoms with Crippen LogP contribution in [-0.2, 0) is 13.1 Å². The molecule has 0 radical (unpaired) electrons. The highest BCUT2D eigenvalue weighted by atomic mass is 16.5. The van der Waals surface area contributed by atoms with E-state index in [0.717, 1.165) is 11.3 Å². The fraction of sp³-hybridized carbons (Fsp3) is 0.250. The monoisotopic (exact) mass is 283 g/mol. The highest BCUT2D eigenvalue weighted by molar-refractivity contribution is 5.55. The first-order valence-corrected chi connectivity index (χ1v) is 6.81. The predicted octanol–water partition coefficient (Wildman–Crippen LogP) is 3.27. The second-order valence-corrected chi connectivity index (χ2v) is 5.13. The Labute approximate surface area is 123 Å². The lowest BCUT2D eigenvalue weighted by Gasteiger charge is -2.11. The van der Waals surface area contributed by atoms with Crippen molar-refractivity contribution >= 4 is 0 Å². The van der Waals surface area contributed by atoms with Crippen molar-refractivity contribution in [2.75, 3.05) is 7.05 Å². The molecule has 0 atom stereocenters. The summed E-state index contributed by atoms with van der Waals surface area (Å²) in [7, 11) is 1.99. The lowest BCUT2D eigenvalue weighted by Crippen LogP contribution is -2.17. The van der Waals surface area contributed by atoms with Gasteiger partial charge in [-0.3, -0.25) is 4.90 Å². The van der Waals surface area contributed by atoms with Crippen molar-refractivity contribution in [3.63, 3.8) is 0 Å². The molecule has 0 aliphatic carbocycles. The predicted molar refractivity (Wildman–Crippen MR) is 78.4 cm³/mol. The van der Waals surface area contributed by atoms with Gasteiger partial charge in [0.1, 0.15) is 5.76 Å². The van der Waals surface area contributed by atoms with Gasteiger partial charge in [0.05, 0.1) is 19.4 Å². The molecule has 0 spiro atoms. The number of nitrogens with zero attached hydrogens (tertiary/aromatic N) is 3. The Bertz CT molecular complexity index is 704.